The third kappa shape index (κ3) is 3.47. The number of ether oxygens (including phenoxy) is 1. The van der Waals surface area contributed by atoms with Crippen molar-refractivity contribution in [3.63, 3.8) is 0 Å². The van der Waals surface area contributed by atoms with Crippen molar-refractivity contribution in [2.45, 2.75) is 12.8 Å². The van der Waals surface area contributed by atoms with E-state index < -0.39 is 5.97 Å². The minimum Gasteiger partial charge on any atom is -0.464 e. The maximum atomic E-state index is 12.4. The Bertz CT molecular complexity index is 1200. The summed E-state index contributed by atoms with van der Waals surface area (Å²) in [6.07, 6.45) is 0.267. The maximum Gasteiger partial charge on any atom is 0.306 e. The van der Waals surface area contributed by atoms with Gasteiger partial charge in [0.25, 0.3) is 17.4 Å². The largest absolute Gasteiger partial charge is 0.464 e. The first-order valence-electron chi connectivity index (χ1n) is 9.53. The lowest BCUT2D eigenvalue weighted by Crippen LogP contribution is -2.33. The molecule has 0 spiro atoms. The molecule has 3 aromatic rings. The highest BCUT2D eigenvalue weighted by atomic mass is 16.5. The van der Waals surface area contributed by atoms with Crippen LogP contribution < -0.4 is 5.56 Å². The van der Waals surface area contributed by atoms with Gasteiger partial charge in [0.05, 0.1) is 35.0 Å². The molecule has 0 aliphatic carbocycles. The smallest absolute Gasteiger partial charge is 0.306 e. The first kappa shape index (κ1) is 19.5. The molecule has 0 bridgehead atoms. The van der Waals surface area contributed by atoms with E-state index in [0.29, 0.717) is 27.9 Å². The summed E-state index contributed by atoms with van der Waals surface area (Å²) in [5.74, 6) is -0.783. The van der Waals surface area contributed by atoms with E-state index in [4.69, 9.17) is 4.74 Å². The second-order valence-electron chi connectivity index (χ2n) is 6.94. The molecule has 1 aliphatic rings. The number of imide groups is 1. The Morgan fingerprint density at radius 3 is 2.30 bits per heavy atom. The van der Waals surface area contributed by atoms with Gasteiger partial charge in [0.2, 0.25) is 0 Å². The molecule has 0 radical (unpaired) electrons. The Morgan fingerprint density at radius 2 is 1.60 bits per heavy atom. The molecule has 0 fully saturated rings. The van der Waals surface area contributed by atoms with E-state index in [2.05, 4.69) is 4.98 Å². The highest BCUT2D eigenvalue weighted by molar-refractivity contribution is 6.21. The fourth-order valence-electron chi connectivity index (χ4n) is 3.47. The highest BCUT2D eigenvalue weighted by Crippen LogP contribution is 2.21. The second kappa shape index (κ2) is 7.90. The number of para-hydroxylation sites is 1. The van der Waals surface area contributed by atoms with Gasteiger partial charge in [0.15, 0.2) is 0 Å². The van der Waals surface area contributed by atoms with Gasteiger partial charge in [-0.05, 0) is 24.3 Å². The molecule has 1 aliphatic heterocycles. The molecule has 4 rings (SSSR count). The van der Waals surface area contributed by atoms with Crippen LogP contribution in [0.5, 0.6) is 0 Å². The van der Waals surface area contributed by atoms with E-state index in [-0.39, 0.29) is 43.4 Å². The standard InChI is InChI=1S/C22H19N3O5/c1-24-18(23-17-9-5-4-8-16(17)20(24)27)10-11-19(26)30-13-12-25-21(28)14-6-2-3-7-15(14)22(25)29/h2-9H,10-13H2,1H3. The van der Waals surface area contributed by atoms with Crippen LogP contribution in [0.25, 0.3) is 10.9 Å². The molecule has 0 saturated carbocycles. The van der Waals surface area contributed by atoms with Crippen LogP contribution in [0.4, 0.5) is 0 Å². The Morgan fingerprint density at radius 1 is 0.967 bits per heavy atom. The van der Waals surface area contributed by atoms with Gasteiger partial charge in [-0.25, -0.2) is 4.98 Å². The number of aromatic nitrogens is 2. The van der Waals surface area contributed by atoms with Crippen molar-refractivity contribution in [2.24, 2.45) is 7.05 Å². The average Bonchev–Trinajstić information content (AvgIpc) is 3.00. The first-order valence-corrected chi connectivity index (χ1v) is 9.53. The van der Waals surface area contributed by atoms with Gasteiger partial charge in [-0.3, -0.25) is 28.6 Å². The zero-order valence-electron chi connectivity index (χ0n) is 16.3. The van der Waals surface area contributed by atoms with Crippen LogP contribution >= 0.6 is 0 Å². The van der Waals surface area contributed by atoms with Crippen LogP contribution in [-0.2, 0) is 23.0 Å². The number of hydrogen-bond acceptors (Lipinski definition) is 6. The van der Waals surface area contributed by atoms with Gasteiger partial charge in [-0.1, -0.05) is 24.3 Å². The summed E-state index contributed by atoms with van der Waals surface area (Å²) in [6.45, 7) is -0.0980. The highest BCUT2D eigenvalue weighted by Gasteiger charge is 2.34. The number of carbonyl (C=O) groups excluding carboxylic acids is 3. The third-order valence-electron chi connectivity index (χ3n) is 5.08. The molecule has 0 saturated heterocycles. The Balaban J connectivity index is 1.33. The van der Waals surface area contributed by atoms with Crippen LogP contribution in [0.15, 0.2) is 53.3 Å². The zero-order valence-corrected chi connectivity index (χ0v) is 16.3. The zero-order chi connectivity index (χ0) is 21.3. The lowest BCUT2D eigenvalue weighted by atomic mass is 10.1. The summed E-state index contributed by atoms with van der Waals surface area (Å²) < 4.78 is 6.60. The number of fused-ring (bicyclic) bond motifs is 2. The number of aryl methyl sites for hydroxylation is 1. The molecule has 0 N–H and O–H groups in total. The molecule has 152 valence electrons. The summed E-state index contributed by atoms with van der Waals surface area (Å²) in [5, 5.41) is 0.521. The molecule has 0 atom stereocenters. The lowest BCUT2D eigenvalue weighted by Gasteiger charge is -2.14. The minimum absolute atomic E-state index is 0.00913. The minimum atomic E-state index is -0.492. The van der Waals surface area contributed by atoms with Gasteiger partial charge < -0.3 is 4.74 Å². The van der Waals surface area contributed by atoms with Crippen molar-refractivity contribution >= 4 is 28.7 Å². The topological polar surface area (TPSA) is 98.6 Å². The third-order valence-corrected chi connectivity index (χ3v) is 5.08. The fraction of sp³-hybridized carbons (Fsp3) is 0.227. The van der Waals surface area contributed by atoms with Crippen LogP contribution in [0.1, 0.15) is 33.0 Å². The average molecular weight is 405 g/mol. The predicted octanol–water partition coefficient (Wildman–Crippen LogP) is 1.71. The summed E-state index contributed by atoms with van der Waals surface area (Å²) in [7, 11) is 1.62. The van der Waals surface area contributed by atoms with Crippen LogP contribution in [0, 0.1) is 0 Å². The molecule has 30 heavy (non-hydrogen) atoms. The van der Waals surface area contributed by atoms with Crippen molar-refractivity contribution in [2.75, 3.05) is 13.2 Å². The van der Waals surface area contributed by atoms with Crippen molar-refractivity contribution < 1.29 is 19.1 Å². The van der Waals surface area contributed by atoms with E-state index in [0.717, 1.165) is 4.90 Å². The van der Waals surface area contributed by atoms with Crippen LogP contribution in [-0.4, -0.2) is 45.4 Å². The van der Waals surface area contributed by atoms with E-state index >= 15 is 0 Å². The van der Waals surface area contributed by atoms with E-state index in [1.165, 1.54) is 4.57 Å². The molecule has 2 heterocycles. The van der Waals surface area contributed by atoms with Crippen molar-refractivity contribution in [1.82, 2.24) is 14.5 Å². The molecular weight excluding hydrogens is 386 g/mol. The van der Waals surface area contributed by atoms with E-state index in [1.807, 2.05) is 0 Å². The number of esters is 1. The number of hydrogen-bond donors (Lipinski definition) is 0. The number of benzene rings is 2. The molecule has 2 amide bonds. The van der Waals surface area contributed by atoms with Gasteiger partial charge in [-0.2, -0.15) is 0 Å². The van der Waals surface area contributed by atoms with Gasteiger partial charge in [0, 0.05) is 13.5 Å². The van der Waals surface area contributed by atoms with Crippen molar-refractivity contribution in [3.05, 3.63) is 75.8 Å². The summed E-state index contributed by atoms with van der Waals surface area (Å²) in [6, 6.07) is 13.6. The number of amides is 2. The SMILES string of the molecule is Cn1c(CCC(=O)OCCN2C(=O)c3ccccc3C2=O)nc2ccccc2c1=O. The second-order valence-corrected chi connectivity index (χ2v) is 6.94. The summed E-state index contributed by atoms with van der Waals surface area (Å²) in [4.78, 5) is 54.6. The summed E-state index contributed by atoms with van der Waals surface area (Å²) >= 11 is 0. The molecule has 8 nitrogen and oxygen atoms in total. The molecule has 0 unspecified atom stereocenters. The van der Waals surface area contributed by atoms with Crippen molar-refractivity contribution in [3.8, 4) is 0 Å². The lowest BCUT2D eigenvalue weighted by molar-refractivity contribution is -0.143. The molecule has 2 aromatic carbocycles. The molecule has 1 aromatic heterocycles. The monoisotopic (exact) mass is 405 g/mol. The Labute approximate surface area is 171 Å². The summed E-state index contributed by atoms with van der Waals surface area (Å²) in [5.41, 5.74) is 1.12. The Hall–Kier alpha value is -3.81. The Kier molecular flexibility index (Phi) is 5.14. The van der Waals surface area contributed by atoms with E-state index in [1.54, 1.807) is 55.6 Å². The number of rotatable bonds is 6. The number of nitrogens with zero attached hydrogens (tertiary/aromatic N) is 3. The van der Waals surface area contributed by atoms with Gasteiger partial charge in [-0.15, -0.1) is 0 Å². The predicted molar refractivity (Wildman–Crippen MR) is 108 cm³/mol. The molecule has 8 heteroatoms. The van der Waals surface area contributed by atoms with Crippen LogP contribution in [0.3, 0.4) is 0 Å². The normalized spacial score (nSPS) is 13.0. The molecular formula is C22H19N3O5. The maximum absolute atomic E-state index is 12.4. The van der Waals surface area contributed by atoms with Crippen molar-refractivity contribution in [1.29, 1.82) is 0 Å². The quantitative estimate of drug-likeness (QED) is 0.457. The van der Waals surface area contributed by atoms with E-state index in [9.17, 15) is 19.2 Å². The van der Waals surface area contributed by atoms with Gasteiger partial charge in [0.1, 0.15) is 12.4 Å². The number of carbonyl (C=O) groups is 3. The fourth-order valence-corrected chi connectivity index (χ4v) is 3.47. The van der Waals surface area contributed by atoms with Crippen LogP contribution in [0.2, 0.25) is 0 Å². The first-order chi connectivity index (χ1) is 14.5. The van der Waals surface area contributed by atoms with Gasteiger partial charge >= 0.3 is 5.97 Å².